The van der Waals surface area contributed by atoms with E-state index in [2.05, 4.69) is 70.0 Å². The average Bonchev–Trinajstić information content (AvgIpc) is 2.27. The summed E-state index contributed by atoms with van der Waals surface area (Å²) < 4.78 is 1.24. The van der Waals surface area contributed by atoms with Gasteiger partial charge in [0.2, 0.25) is 0 Å². The normalized spacial score (nSPS) is 13.1. The molecule has 0 saturated carbocycles. The Morgan fingerprint density at radius 2 is 1.73 bits per heavy atom. The van der Waals surface area contributed by atoms with Crippen LogP contribution in [0.1, 0.15) is 38.2 Å². The van der Waals surface area contributed by atoms with Gasteiger partial charge in [0, 0.05) is 9.80 Å². The van der Waals surface area contributed by atoms with Gasteiger partial charge in [-0.2, -0.15) is 0 Å². The summed E-state index contributed by atoms with van der Waals surface area (Å²) in [6.45, 7) is 4.56. The number of hydrogen-bond donors (Lipinski definition) is 0. The molecule has 0 bridgehead atoms. The van der Waals surface area contributed by atoms with Crippen molar-refractivity contribution < 1.29 is 0 Å². The first-order valence-corrected chi connectivity index (χ1v) is 7.46. The van der Waals surface area contributed by atoms with Crippen LogP contribution >= 0.6 is 31.9 Å². The first kappa shape index (κ1) is 13.2. The van der Waals surface area contributed by atoms with Gasteiger partial charge < -0.3 is 0 Å². The van der Waals surface area contributed by atoms with Gasteiger partial charge >= 0.3 is 0 Å². The lowest BCUT2D eigenvalue weighted by atomic mass is 9.84. The van der Waals surface area contributed by atoms with Gasteiger partial charge in [0.1, 0.15) is 0 Å². The molecule has 0 radical (unpaired) electrons. The number of hydrogen-bond acceptors (Lipinski definition) is 0. The third kappa shape index (κ3) is 3.32. The average molecular weight is 334 g/mol. The minimum atomic E-state index is 0.621. The maximum atomic E-state index is 3.65. The fraction of sp³-hybridized carbons (Fsp3) is 0.538. The molecule has 1 aromatic carbocycles. The summed E-state index contributed by atoms with van der Waals surface area (Å²) in [5.41, 5.74) is 1.43. The zero-order chi connectivity index (χ0) is 11.3. The Morgan fingerprint density at radius 3 is 2.20 bits per heavy atom. The van der Waals surface area contributed by atoms with E-state index in [0.29, 0.717) is 5.92 Å². The molecule has 0 N–H and O–H groups in total. The Bertz CT molecular complexity index is 292. The fourth-order valence-corrected chi connectivity index (χ4v) is 3.55. The van der Waals surface area contributed by atoms with Crippen LogP contribution in [0.5, 0.6) is 0 Å². The van der Waals surface area contributed by atoms with Crippen molar-refractivity contribution in [3.63, 3.8) is 0 Å². The highest BCUT2D eigenvalue weighted by atomic mass is 79.9. The highest BCUT2D eigenvalue weighted by Gasteiger charge is 2.20. The third-order valence-corrected chi connectivity index (χ3v) is 4.51. The summed E-state index contributed by atoms with van der Waals surface area (Å²) >= 11 is 7.29. The molecular formula is C13H18Br2. The largest absolute Gasteiger partial charge is 0.0921 e. The maximum Gasteiger partial charge on any atom is 0.0210 e. The molecule has 0 heterocycles. The number of alkyl halides is 1. The number of benzene rings is 1. The molecule has 0 aliphatic rings. The third-order valence-electron chi connectivity index (χ3n) is 3.09. The SMILES string of the molecule is CCC(CC)C(CBr)c1ccccc1Br. The summed E-state index contributed by atoms with van der Waals surface area (Å²) in [7, 11) is 0. The summed E-state index contributed by atoms with van der Waals surface area (Å²) in [6.07, 6.45) is 2.49. The van der Waals surface area contributed by atoms with E-state index < -0.39 is 0 Å². The second kappa shape index (κ2) is 6.70. The summed E-state index contributed by atoms with van der Waals surface area (Å²) in [4.78, 5) is 0. The molecule has 84 valence electrons. The van der Waals surface area contributed by atoms with E-state index >= 15 is 0 Å². The summed E-state index contributed by atoms with van der Waals surface area (Å²) in [6, 6.07) is 8.56. The standard InChI is InChI=1S/C13H18Br2/c1-3-10(4-2)12(9-14)11-7-5-6-8-13(11)15/h5-8,10,12H,3-4,9H2,1-2H3. The van der Waals surface area contributed by atoms with Crippen LogP contribution < -0.4 is 0 Å². The smallest absolute Gasteiger partial charge is 0.0210 e. The van der Waals surface area contributed by atoms with Crippen LogP contribution in [0.15, 0.2) is 28.7 Å². The van der Waals surface area contributed by atoms with Crippen LogP contribution in [0.2, 0.25) is 0 Å². The van der Waals surface area contributed by atoms with Crippen LogP contribution in [0.3, 0.4) is 0 Å². The van der Waals surface area contributed by atoms with Gasteiger partial charge in [-0.15, -0.1) is 0 Å². The van der Waals surface area contributed by atoms with Crippen LogP contribution in [0, 0.1) is 5.92 Å². The zero-order valence-electron chi connectivity index (χ0n) is 9.34. The van der Waals surface area contributed by atoms with Crippen molar-refractivity contribution in [3.8, 4) is 0 Å². The van der Waals surface area contributed by atoms with Crippen molar-refractivity contribution in [1.82, 2.24) is 0 Å². The van der Waals surface area contributed by atoms with E-state index in [1.54, 1.807) is 0 Å². The topological polar surface area (TPSA) is 0 Å². The van der Waals surface area contributed by atoms with Crippen LogP contribution in [0.4, 0.5) is 0 Å². The van der Waals surface area contributed by atoms with E-state index in [4.69, 9.17) is 0 Å². The molecule has 0 fully saturated rings. The van der Waals surface area contributed by atoms with Crippen molar-refractivity contribution in [3.05, 3.63) is 34.3 Å². The molecule has 2 heteroatoms. The quantitative estimate of drug-likeness (QED) is 0.636. The van der Waals surface area contributed by atoms with Gasteiger partial charge in [0.25, 0.3) is 0 Å². The van der Waals surface area contributed by atoms with E-state index in [1.165, 1.54) is 22.9 Å². The molecule has 1 rings (SSSR count). The molecule has 0 aliphatic heterocycles. The van der Waals surface area contributed by atoms with E-state index in [-0.39, 0.29) is 0 Å². The van der Waals surface area contributed by atoms with Gasteiger partial charge in [-0.1, -0.05) is 76.7 Å². The van der Waals surface area contributed by atoms with Crippen LogP contribution in [-0.4, -0.2) is 5.33 Å². The Labute approximate surface area is 110 Å². The molecule has 0 aliphatic carbocycles. The Hall–Kier alpha value is 0.180. The maximum absolute atomic E-state index is 3.65. The minimum Gasteiger partial charge on any atom is -0.0921 e. The lowest BCUT2D eigenvalue weighted by Crippen LogP contribution is -2.13. The van der Waals surface area contributed by atoms with Gasteiger partial charge in [0.15, 0.2) is 0 Å². The lowest BCUT2D eigenvalue weighted by Gasteiger charge is -2.24. The lowest BCUT2D eigenvalue weighted by molar-refractivity contribution is 0.424. The molecular weight excluding hydrogens is 316 g/mol. The van der Waals surface area contributed by atoms with E-state index in [9.17, 15) is 0 Å². The van der Waals surface area contributed by atoms with Crippen molar-refractivity contribution in [2.75, 3.05) is 5.33 Å². The minimum absolute atomic E-state index is 0.621. The molecule has 0 nitrogen and oxygen atoms in total. The van der Waals surface area contributed by atoms with Crippen molar-refractivity contribution >= 4 is 31.9 Å². The monoisotopic (exact) mass is 332 g/mol. The van der Waals surface area contributed by atoms with E-state index in [0.717, 1.165) is 11.2 Å². The van der Waals surface area contributed by atoms with Crippen molar-refractivity contribution in [2.45, 2.75) is 32.6 Å². The Kier molecular flexibility index (Phi) is 5.91. The first-order chi connectivity index (χ1) is 7.24. The van der Waals surface area contributed by atoms with Gasteiger partial charge in [-0.05, 0) is 23.5 Å². The molecule has 1 atom stereocenters. The predicted octanol–water partition coefficient (Wildman–Crippen LogP) is 5.36. The van der Waals surface area contributed by atoms with Gasteiger partial charge in [0.05, 0.1) is 0 Å². The fourth-order valence-electron chi connectivity index (χ4n) is 2.10. The van der Waals surface area contributed by atoms with Crippen molar-refractivity contribution in [2.24, 2.45) is 5.92 Å². The van der Waals surface area contributed by atoms with Gasteiger partial charge in [-0.25, -0.2) is 0 Å². The van der Waals surface area contributed by atoms with E-state index in [1.807, 2.05) is 0 Å². The second-order valence-electron chi connectivity index (χ2n) is 3.86. The Morgan fingerprint density at radius 1 is 1.13 bits per heavy atom. The number of rotatable bonds is 5. The molecule has 0 saturated heterocycles. The number of halogens is 2. The molecule has 0 spiro atoms. The predicted molar refractivity (Wildman–Crippen MR) is 74.7 cm³/mol. The summed E-state index contributed by atoms with van der Waals surface area (Å²) in [5, 5.41) is 1.04. The Balaban J connectivity index is 2.96. The second-order valence-corrected chi connectivity index (χ2v) is 5.36. The summed E-state index contributed by atoms with van der Waals surface area (Å²) in [5.74, 6) is 1.39. The van der Waals surface area contributed by atoms with Crippen LogP contribution in [0.25, 0.3) is 0 Å². The highest BCUT2D eigenvalue weighted by Crippen LogP contribution is 2.35. The van der Waals surface area contributed by atoms with Crippen molar-refractivity contribution in [1.29, 1.82) is 0 Å². The van der Waals surface area contributed by atoms with Gasteiger partial charge in [-0.3, -0.25) is 0 Å². The molecule has 0 aromatic heterocycles. The molecule has 1 unspecified atom stereocenters. The molecule has 0 amide bonds. The molecule has 15 heavy (non-hydrogen) atoms. The highest BCUT2D eigenvalue weighted by molar-refractivity contribution is 9.10. The zero-order valence-corrected chi connectivity index (χ0v) is 12.5. The first-order valence-electron chi connectivity index (χ1n) is 5.54. The molecule has 1 aromatic rings. The van der Waals surface area contributed by atoms with Crippen LogP contribution in [-0.2, 0) is 0 Å².